The van der Waals surface area contributed by atoms with Gasteiger partial charge in [0.2, 0.25) is 33.6 Å². The van der Waals surface area contributed by atoms with E-state index < -0.39 is 68.5 Å². The largest absolute Gasteiger partial charge is 0.497 e. The Hall–Kier alpha value is -4.46. The van der Waals surface area contributed by atoms with Crippen molar-refractivity contribution in [3.8, 4) is 11.6 Å². The third kappa shape index (κ3) is 7.27. The van der Waals surface area contributed by atoms with Crippen LogP contribution in [0.4, 0.5) is 0 Å². The lowest BCUT2D eigenvalue weighted by Crippen LogP contribution is -2.59. The number of sulfonamides is 1. The van der Waals surface area contributed by atoms with Crippen LogP contribution in [0.25, 0.3) is 10.8 Å². The number of carbonyl (C=O) groups is 4. The van der Waals surface area contributed by atoms with Crippen LogP contribution in [-0.2, 0) is 29.2 Å². The fraction of sp³-hybridized carbons (Fsp3) is 0.485. The number of fused-ring (bicyclic) bond motifs is 1. The minimum atomic E-state index is -3.87. The summed E-state index contributed by atoms with van der Waals surface area (Å²) in [5, 5.41) is 6.29. The number of amides is 4. The van der Waals surface area contributed by atoms with Crippen LogP contribution in [0.5, 0.6) is 11.6 Å². The lowest BCUT2D eigenvalue weighted by molar-refractivity contribution is -0.142. The number of rotatable bonds is 13. The molecule has 14 heteroatoms. The molecule has 2 saturated carbocycles. The molecule has 13 nitrogen and oxygen atoms in total. The van der Waals surface area contributed by atoms with Crippen LogP contribution in [0.2, 0.25) is 0 Å². The van der Waals surface area contributed by atoms with Crippen molar-refractivity contribution in [3.63, 3.8) is 0 Å². The molecule has 3 N–H and O–H groups in total. The molecule has 47 heavy (non-hydrogen) atoms. The van der Waals surface area contributed by atoms with E-state index in [1.165, 1.54) is 11.0 Å². The summed E-state index contributed by atoms with van der Waals surface area (Å²) in [5.74, 6) is -2.45. The third-order valence-electron chi connectivity index (χ3n) is 8.73. The van der Waals surface area contributed by atoms with Gasteiger partial charge in [0.25, 0.3) is 5.91 Å². The maximum atomic E-state index is 14.0. The molecule has 1 aromatic heterocycles. The van der Waals surface area contributed by atoms with Crippen LogP contribution in [0.3, 0.4) is 0 Å². The monoisotopic (exact) mass is 669 g/mol. The number of aromatic nitrogens is 1. The first kappa shape index (κ1) is 35.4. The zero-order valence-corrected chi connectivity index (χ0v) is 26.8. The summed E-state index contributed by atoms with van der Waals surface area (Å²) >= 11 is 0. The molecule has 0 spiro atoms. The molecule has 3 aliphatic rings. The Morgan fingerprint density at radius 1 is 1.15 bits per heavy atom. The number of methoxy groups -OCH3 is 1. The first-order chi connectivity index (χ1) is 21.8. The van der Waals surface area contributed by atoms with E-state index in [4.69, 9.17) is 9.47 Å². The molecule has 5 rings (SSSR count). The number of nitrogens with zero attached hydrogens (tertiary/aromatic N) is 2. The highest BCUT2D eigenvalue weighted by molar-refractivity contribution is 7.91. The van der Waals surface area contributed by atoms with Gasteiger partial charge >= 0.3 is 0 Å². The molecular weight excluding hydrogens is 626 g/mol. The van der Waals surface area contributed by atoms with Crippen molar-refractivity contribution in [2.75, 3.05) is 13.7 Å². The summed E-state index contributed by atoms with van der Waals surface area (Å²) in [6.45, 7) is 10.7. The van der Waals surface area contributed by atoms with Gasteiger partial charge < -0.3 is 25.0 Å². The van der Waals surface area contributed by atoms with E-state index in [0.29, 0.717) is 29.9 Å². The summed E-state index contributed by atoms with van der Waals surface area (Å²) < 4.78 is 38.9. The molecule has 1 saturated heterocycles. The second kappa shape index (κ2) is 13.7. The number of hydrogen-bond donors (Lipinski definition) is 3. The molecule has 2 aliphatic carbocycles. The Labute approximate surface area is 275 Å². The van der Waals surface area contributed by atoms with Crippen LogP contribution in [-0.4, -0.2) is 84.6 Å². The Balaban J connectivity index is 0.00000500. The summed E-state index contributed by atoms with van der Waals surface area (Å²) in [6, 6.07) is 5.13. The normalized spacial score (nSPS) is 24.0. The molecule has 5 atom stereocenters. The Bertz CT molecular complexity index is 1690. The van der Waals surface area contributed by atoms with E-state index in [-0.39, 0.29) is 32.7 Å². The quantitative estimate of drug-likeness (QED) is 0.214. The molecule has 1 aromatic carbocycles. The van der Waals surface area contributed by atoms with Crippen molar-refractivity contribution in [2.45, 2.75) is 75.9 Å². The molecule has 1 aliphatic heterocycles. The van der Waals surface area contributed by atoms with Crippen molar-refractivity contribution in [1.29, 1.82) is 0 Å². The highest BCUT2D eigenvalue weighted by atomic mass is 32.2. The summed E-state index contributed by atoms with van der Waals surface area (Å²) in [4.78, 5) is 59.2. The second-order valence-electron chi connectivity index (χ2n) is 12.3. The first-order valence-corrected chi connectivity index (χ1v) is 16.7. The Morgan fingerprint density at radius 3 is 2.47 bits per heavy atom. The van der Waals surface area contributed by atoms with E-state index in [1.54, 1.807) is 45.4 Å². The molecular formula is C33H43N5O8S. The van der Waals surface area contributed by atoms with Gasteiger partial charge in [0.15, 0.2) is 0 Å². The molecule has 2 aromatic rings. The minimum absolute atomic E-state index is 0. The van der Waals surface area contributed by atoms with Crippen LogP contribution >= 0.6 is 0 Å². The number of pyridine rings is 1. The lowest BCUT2D eigenvalue weighted by Gasteiger charge is -2.31. The van der Waals surface area contributed by atoms with Gasteiger partial charge in [0.05, 0.1) is 18.9 Å². The standard InChI is InChI=1S/C32H39N5O8S.CH4/c1-6-20-16-32(20,31(41)36-46(42,43)23-9-10-23)35-28(39)25-15-22(17-37(25)30(40)27(18(3)4)34-26(38)7-2)45-29-24-11-8-21(44-5)14-19(24)12-13-33-29;/h6-8,11-14,18,20,22-23,25,27H,1-2,9-10,15-17H2,3-5H3,(H,34,38)(H,35,39)(H,36,41);1H4/t20-,22-,25+,27-,32-;/m1./s1. The lowest BCUT2D eigenvalue weighted by atomic mass is 10.0. The number of ether oxygens (including phenoxy) is 2. The van der Waals surface area contributed by atoms with Gasteiger partial charge in [0, 0.05) is 23.9 Å². The predicted molar refractivity (Wildman–Crippen MR) is 176 cm³/mol. The van der Waals surface area contributed by atoms with Gasteiger partial charge in [-0.1, -0.05) is 33.9 Å². The van der Waals surface area contributed by atoms with Gasteiger partial charge in [-0.2, -0.15) is 0 Å². The number of carbonyl (C=O) groups excluding carboxylic acids is 4. The molecule has 254 valence electrons. The smallest absolute Gasteiger partial charge is 0.259 e. The van der Waals surface area contributed by atoms with Gasteiger partial charge in [-0.05, 0) is 60.9 Å². The van der Waals surface area contributed by atoms with E-state index in [1.807, 2.05) is 6.07 Å². The van der Waals surface area contributed by atoms with E-state index in [0.717, 1.165) is 11.5 Å². The Morgan fingerprint density at radius 2 is 1.87 bits per heavy atom. The summed E-state index contributed by atoms with van der Waals surface area (Å²) in [6.07, 6.45) is 4.58. The average molecular weight is 670 g/mol. The maximum Gasteiger partial charge on any atom is 0.259 e. The number of nitrogens with one attached hydrogen (secondary N) is 3. The summed E-state index contributed by atoms with van der Waals surface area (Å²) in [7, 11) is -2.31. The fourth-order valence-electron chi connectivity index (χ4n) is 5.81. The van der Waals surface area contributed by atoms with Crippen LogP contribution in [0.15, 0.2) is 55.8 Å². The summed E-state index contributed by atoms with van der Waals surface area (Å²) in [5.41, 5.74) is -1.53. The number of hydrogen-bond acceptors (Lipinski definition) is 9. The third-order valence-corrected chi connectivity index (χ3v) is 10.5. The van der Waals surface area contributed by atoms with Crippen molar-refractivity contribution in [1.82, 2.24) is 25.2 Å². The zero-order valence-electron chi connectivity index (χ0n) is 26.0. The SMILES string of the molecule is C.C=CC(=O)N[C@@H](C(=O)N1C[C@H](Oc2nccc3cc(OC)ccc23)C[C@H]1C(=O)N[C@]1(C(=O)NS(=O)(=O)C2CC2)C[C@H]1C=C)C(C)C. The van der Waals surface area contributed by atoms with Gasteiger partial charge in [-0.25, -0.2) is 13.4 Å². The van der Waals surface area contributed by atoms with Gasteiger partial charge in [-0.15, -0.1) is 6.58 Å². The van der Waals surface area contributed by atoms with Gasteiger partial charge in [-0.3, -0.25) is 23.9 Å². The zero-order chi connectivity index (χ0) is 33.4. The molecule has 0 bridgehead atoms. The molecule has 3 fully saturated rings. The molecule has 2 heterocycles. The predicted octanol–water partition coefficient (Wildman–Crippen LogP) is 2.22. The first-order valence-electron chi connectivity index (χ1n) is 15.2. The second-order valence-corrected chi connectivity index (χ2v) is 14.3. The number of benzene rings is 1. The van der Waals surface area contributed by atoms with E-state index in [9.17, 15) is 27.6 Å². The highest BCUT2D eigenvalue weighted by Crippen LogP contribution is 2.45. The molecule has 0 radical (unpaired) electrons. The average Bonchev–Trinajstić information content (AvgIpc) is 3.96. The molecule has 4 amide bonds. The van der Waals surface area contributed by atoms with Crippen molar-refractivity contribution in [2.24, 2.45) is 11.8 Å². The van der Waals surface area contributed by atoms with E-state index >= 15 is 0 Å². The Kier molecular flexibility index (Phi) is 10.3. The van der Waals surface area contributed by atoms with Crippen LogP contribution in [0.1, 0.15) is 47.0 Å². The van der Waals surface area contributed by atoms with Crippen molar-refractivity contribution >= 4 is 44.4 Å². The van der Waals surface area contributed by atoms with E-state index in [2.05, 4.69) is 33.5 Å². The highest BCUT2D eigenvalue weighted by Gasteiger charge is 2.62. The van der Waals surface area contributed by atoms with Gasteiger partial charge in [0.1, 0.15) is 29.5 Å². The van der Waals surface area contributed by atoms with Crippen LogP contribution < -0.4 is 24.8 Å². The minimum Gasteiger partial charge on any atom is -0.497 e. The maximum absolute atomic E-state index is 14.0. The van der Waals surface area contributed by atoms with Crippen LogP contribution in [0, 0.1) is 11.8 Å². The number of likely N-dealkylation sites (tertiary alicyclic amines) is 1. The topological polar surface area (TPSA) is 173 Å². The van der Waals surface area contributed by atoms with Crippen molar-refractivity contribution in [3.05, 3.63) is 55.8 Å². The molecule has 0 unspecified atom stereocenters. The fourth-order valence-corrected chi connectivity index (χ4v) is 7.17. The van der Waals surface area contributed by atoms with Crippen molar-refractivity contribution < 1.29 is 37.1 Å².